The van der Waals surface area contributed by atoms with Crippen molar-refractivity contribution in [3.63, 3.8) is 0 Å². The van der Waals surface area contributed by atoms with Gasteiger partial charge >= 0.3 is 0 Å². The van der Waals surface area contributed by atoms with Crippen LogP contribution in [0.15, 0.2) is 18.2 Å². The van der Waals surface area contributed by atoms with Gasteiger partial charge < -0.3 is 15.4 Å². The number of methoxy groups -OCH3 is 1. The van der Waals surface area contributed by atoms with Crippen molar-refractivity contribution < 1.29 is 9.66 Å². The van der Waals surface area contributed by atoms with E-state index >= 15 is 0 Å². The molecule has 0 spiro atoms. The van der Waals surface area contributed by atoms with E-state index in [1.807, 2.05) is 0 Å². The minimum atomic E-state index is -0.440. The molecule has 0 saturated heterocycles. The predicted molar refractivity (Wildman–Crippen MR) is 90.4 cm³/mol. The zero-order valence-corrected chi connectivity index (χ0v) is 13.6. The second-order valence-electron chi connectivity index (χ2n) is 5.61. The molecular weight excluding hydrogens is 302 g/mol. The summed E-state index contributed by atoms with van der Waals surface area (Å²) in [6.45, 7) is 2.22. The molecule has 1 fully saturated rings. The Hall–Kier alpha value is -1.89. The average Bonchev–Trinajstić information content (AvgIpc) is 2.49. The van der Waals surface area contributed by atoms with Crippen LogP contribution < -0.4 is 15.4 Å². The first-order valence-corrected chi connectivity index (χ1v) is 7.82. The van der Waals surface area contributed by atoms with E-state index in [1.165, 1.54) is 38.5 Å². The number of anilines is 1. The van der Waals surface area contributed by atoms with Gasteiger partial charge in [0.1, 0.15) is 5.75 Å². The van der Waals surface area contributed by atoms with E-state index in [2.05, 4.69) is 17.6 Å². The molecule has 0 radical (unpaired) electrons. The van der Waals surface area contributed by atoms with Gasteiger partial charge in [-0.1, -0.05) is 19.8 Å². The standard InChI is InChI=1S/C15H21N3O3S/c1-10-5-3-4-6-12(10)16-15(22)17-13-9-11(18(19)20)7-8-14(13)21-2/h7-10,12H,3-6H2,1-2H3,(H2,16,17,22)/t10-,12+/m1/s1. The lowest BCUT2D eigenvalue weighted by Crippen LogP contribution is -2.43. The molecule has 2 rings (SSSR count). The van der Waals surface area contributed by atoms with Crippen molar-refractivity contribution in [3.8, 4) is 5.75 Å². The van der Waals surface area contributed by atoms with Gasteiger partial charge in [-0.3, -0.25) is 10.1 Å². The van der Waals surface area contributed by atoms with Crippen molar-refractivity contribution in [2.75, 3.05) is 12.4 Å². The van der Waals surface area contributed by atoms with Crippen LogP contribution in [-0.4, -0.2) is 23.2 Å². The van der Waals surface area contributed by atoms with Crippen LogP contribution in [0.1, 0.15) is 32.6 Å². The van der Waals surface area contributed by atoms with Crippen molar-refractivity contribution in [1.29, 1.82) is 0 Å². The van der Waals surface area contributed by atoms with Gasteiger partial charge in [0.15, 0.2) is 5.11 Å². The van der Waals surface area contributed by atoms with Crippen molar-refractivity contribution in [2.24, 2.45) is 5.92 Å². The smallest absolute Gasteiger partial charge is 0.271 e. The van der Waals surface area contributed by atoms with Gasteiger partial charge in [-0.15, -0.1) is 0 Å². The Morgan fingerprint density at radius 1 is 1.41 bits per heavy atom. The molecule has 0 aliphatic heterocycles. The average molecular weight is 323 g/mol. The summed E-state index contributed by atoms with van der Waals surface area (Å²) in [4.78, 5) is 10.4. The molecule has 2 atom stereocenters. The monoisotopic (exact) mass is 323 g/mol. The number of hydrogen-bond acceptors (Lipinski definition) is 4. The first-order chi connectivity index (χ1) is 10.5. The molecule has 0 unspecified atom stereocenters. The van der Waals surface area contributed by atoms with Gasteiger partial charge in [-0.25, -0.2) is 0 Å². The molecule has 0 aromatic heterocycles. The summed E-state index contributed by atoms with van der Waals surface area (Å²) >= 11 is 5.34. The third-order valence-corrected chi connectivity index (χ3v) is 4.29. The predicted octanol–water partition coefficient (Wildman–Crippen LogP) is 3.47. The molecule has 6 nitrogen and oxygen atoms in total. The number of benzene rings is 1. The lowest BCUT2D eigenvalue weighted by Gasteiger charge is -2.30. The van der Waals surface area contributed by atoms with E-state index in [0.29, 0.717) is 28.5 Å². The molecule has 1 aromatic carbocycles. The third kappa shape index (κ3) is 4.07. The zero-order chi connectivity index (χ0) is 16.1. The van der Waals surface area contributed by atoms with Crippen LogP contribution in [0.25, 0.3) is 0 Å². The second kappa shape index (κ2) is 7.40. The molecule has 22 heavy (non-hydrogen) atoms. The molecule has 1 saturated carbocycles. The minimum absolute atomic E-state index is 0.00265. The number of nitrogens with zero attached hydrogens (tertiary/aromatic N) is 1. The van der Waals surface area contributed by atoms with Crippen LogP contribution in [0.4, 0.5) is 11.4 Å². The maximum atomic E-state index is 10.9. The highest BCUT2D eigenvalue weighted by Gasteiger charge is 2.22. The third-order valence-electron chi connectivity index (χ3n) is 4.07. The Balaban J connectivity index is 2.06. The number of hydrogen-bond donors (Lipinski definition) is 2. The highest BCUT2D eigenvalue weighted by Crippen LogP contribution is 2.29. The highest BCUT2D eigenvalue weighted by atomic mass is 32.1. The van der Waals surface area contributed by atoms with Gasteiger partial charge in [0, 0.05) is 18.2 Å². The van der Waals surface area contributed by atoms with Crippen LogP contribution in [0.3, 0.4) is 0 Å². The van der Waals surface area contributed by atoms with Gasteiger partial charge in [0.2, 0.25) is 0 Å². The Morgan fingerprint density at radius 2 is 2.14 bits per heavy atom. The summed E-state index contributed by atoms with van der Waals surface area (Å²) in [6, 6.07) is 4.74. The van der Waals surface area contributed by atoms with Gasteiger partial charge in [-0.05, 0) is 37.0 Å². The number of nitro groups is 1. The largest absolute Gasteiger partial charge is 0.495 e. The van der Waals surface area contributed by atoms with E-state index in [1.54, 1.807) is 6.07 Å². The SMILES string of the molecule is COc1ccc([N+](=O)[O-])cc1NC(=S)N[C@H]1CCCC[C@H]1C. The lowest BCUT2D eigenvalue weighted by molar-refractivity contribution is -0.384. The molecule has 120 valence electrons. The number of ether oxygens (including phenoxy) is 1. The molecule has 1 aromatic rings. The van der Waals surface area contributed by atoms with Gasteiger partial charge in [-0.2, -0.15) is 0 Å². The molecule has 0 amide bonds. The Labute approximate surface area is 135 Å². The van der Waals surface area contributed by atoms with E-state index in [4.69, 9.17) is 17.0 Å². The van der Waals surface area contributed by atoms with Crippen molar-refractivity contribution in [3.05, 3.63) is 28.3 Å². The molecule has 7 heteroatoms. The number of nitrogens with one attached hydrogen (secondary N) is 2. The fourth-order valence-electron chi connectivity index (χ4n) is 2.76. The van der Waals surface area contributed by atoms with Crippen LogP contribution in [0.5, 0.6) is 5.75 Å². The molecular formula is C15H21N3O3S. The summed E-state index contributed by atoms with van der Waals surface area (Å²) in [5.41, 5.74) is 0.495. The zero-order valence-electron chi connectivity index (χ0n) is 12.8. The number of thiocarbonyl (C=S) groups is 1. The normalized spacial score (nSPS) is 21.0. The summed E-state index contributed by atoms with van der Waals surface area (Å²) < 4.78 is 5.22. The van der Waals surface area contributed by atoms with Crippen molar-refractivity contribution in [1.82, 2.24) is 5.32 Å². The number of non-ortho nitro benzene ring substituents is 1. The van der Waals surface area contributed by atoms with E-state index in [9.17, 15) is 10.1 Å². The van der Waals surface area contributed by atoms with Crippen molar-refractivity contribution in [2.45, 2.75) is 38.6 Å². The molecule has 0 heterocycles. The maximum Gasteiger partial charge on any atom is 0.271 e. The lowest BCUT2D eigenvalue weighted by atomic mass is 9.86. The van der Waals surface area contributed by atoms with E-state index < -0.39 is 4.92 Å². The Kier molecular flexibility index (Phi) is 5.54. The molecule has 1 aliphatic rings. The Morgan fingerprint density at radius 3 is 2.77 bits per heavy atom. The topological polar surface area (TPSA) is 76.4 Å². The van der Waals surface area contributed by atoms with E-state index in [0.717, 1.165) is 6.42 Å². The second-order valence-corrected chi connectivity index (χ2v) is 6.02. The van der Waals surface area contributed by atoms with Crippen molar-refractivity contribution >= 4 is 28.7 Å². The first kappa shape index (κ1) is 16.5. The van der Waals surface area contributed by atoms with Gasteiger partial charge in [0.25, 0.3) is 5.69 Å². The summed E-state index contributed by atoms with van der Waals surface area (Å²) in [5, 5.41) is 17.7. The van der Waals surface area contributed by atoms with Gasteiger partial charge in [0.05, 0.1) is 17.7 Å². The number of nitro benzene ring substituents is 1. The molecule has 1 aliphatic carbocycles. The van der Waals surface area contributed by atoms with Crippen LogP contribution in [-0.2, 0) is 0 Å². The fraction of sp³-hybridized carbons (Fsp3) is 0.533. The van der Waals surface area contributed by atoms with E-state index in [-0.39, 0.29) is 5.69 Å². The maximum absolute atomic E-state index is 10.9. The molecule has 2 N–H and O–H groups in total. The minimum Gasteiger partial charge on any atom is -0.495 e. The quantitative estimate of drug-likeness (QED) is 0.502. The molecule has 0 bridgehead atoms. The summed E-state index contributed by atoms with van der Waals surface area (Å²) in [6.07, 6.45) is 4.75. The Bertz CT molecular complexity index is 565. The van der Waals surface area contributed by atoms with Crippen LogP contribution >= 0.6 is 12.2 Å². The number of rotatable bonds is 4. The van der Waals surface area contributed by atoms with Crippen LogP contribution in [0, 0.1) is 16.0 Å². The highest BCUT2D eigenvalue weighted by molar-refractivity contribution is 7.80. The van der Waals surface area contributed by atoms with Crippen LogP contribution in [0.2, 0.25) is 0 Å². The summed E-state index contributed by atoms with van der Waals surface area (Å²) in [7, 11) is 1.52. The fourth-order valence-corrected chi connectivity index (χ4v) is 3.03. The first-order valence-electron chi connectivity index (χ1n) is 7.41. The summed E-state index contributed by atoms with van der Waals surface area (Å²) in [5.74, 6) is 1.09.